The van der Waals surface area contributed by atoms with E-state index in [-0.39, 0.29) is 50.0 Å². The Labute approximate surface area is 445 Å². The minimum atomic E-state index is -0.162. The van der Waals surface area contributed by atoms with E-state index in [2.05, 4.69) is 238 Å². The maximum absolute atomic E-state index is 7.78. The summed E-state index contributed by atoms with van der Waals surface area (Å²) in [7, 11) is 0. The van der Waals surface area contributed by atoms with Gasteiger partial charge in [0.05, 0.1) is 5.69 Å². The highest BCUT2D eigenvalue weighted by atomic mass is 16.4. The van der Waals surface area contributed by atoms with Crippen LogP contribution >= 0.6 is 0 Å². The summed E-state index contributed by atoms with van der Waals surface area (Å²) in [5.74, 6) is 0.947. The van der Waals surface area contributed by atoms with Gasteiger partial charge >= 0.3 is 0 Å². The first kappa shape index (κ1) is 49.4. The van der Waals surface area contributed by atoms with Gasteiger partial charge in [0.2, 0.25) is 5.88 Å². The van der Waals surface area contributed by atoms with Crippen molar-refractivity contribution >= 4 is 68.4 Å². The third-order valence-electron chi connectivity index (χ3n) is 19.8. The van der Waals surface area contributed by atoms with Crippen molar-refractivity contribution in [2.45, 2.75) is 206 Å². The molecule has 0 unspecified atom stereocenters. The van der Waals surface area contributed by atoms with Gasteiger partial charge in [-0.05, 0) is 197 Å². The Balaban J connectivity index is 1.27. The number of rotatable bonds is 3. The minimum Gasteiger partial charge on any atom is -0.440 e. The van der Waals surface area contributed by atoms with Crippen LogP contribution in [-0.4, -0.2) is 6.71 Å². The maximum Gasteiger partial charge on any atom is 0.257 e. The molecule has 0 fully saturated rings. The Morgan fingerprint density at radius 1 is 0.419 bits per heavy atom. The molecule has 1 aromatic heterocycles. The number of fused-ring (bicyclic) bond motifs is 9. The van der Waals surface area contributed by atoms with Crippen LogP contribution in [0, 0.1) is 0 Å². The van der Waals surface area contributed by atoms with Crippen LogP contribution in [0.2, 0.25) is 0 Å². The fourth-order valence-corrected chi connectivity index (χ4v) is 14.3. The van der Waals surface area contributed by atoms with Gasteiger partial charge in [0, 0.05) is 39.2 Å². The third-order valence-corrected chi connectivity index (χ3v) is 19.8. The summed E-state index contributed by atoms with van der Waals surface area (Å²) < 4.78 is 7.78. The van der Waals surface area contributed by atoms with Gasteiger partial charge in [-0.2, -0.15) is 0 Å². The molecule has 3 heterocycles. The molecule has 0 N–H and O–H groups in total. The van der Waals surface area contributed by atoms with E-state index in [0.29, 0.717) is 0 Å². The van der Waals surface area contributed by atoms with Gasteiger partial charge in [-0.1, -0.05) is 173 Å². The van der Waals surface area contributed by atoms with Gasteiger partial charge in [-0.25, -0.2) is 0 Å². The normalized spacial score (nSPS) is 20.3. The molecular weight excluding hydrogens is 896 g/mol. The zero-order valence-corrected chi connectivity index (χ0v) is 48.4. The fraction of sp³-hybridized carbons (Fsp3) is 0.457. The smallest absolute Gasteiger partial charge is 0.257 e. The van der Waals surface area contributed by atoms with Crippen molar-refractivity contribution in [3.05, 3.63) is 148 Å². The van der Waals surface area contributed by atoms with Crippen molar-refractivity contribution in [3.63, 3.8) is 0 Å². The lowest BCUT2D eigenvalue weighted by Crippen LogP contribution is -2.61. The second-order valence-corrected chi connectivity index (χ2v) is 29.8. The Kier molecular flexibility index (Phi) is 10.4. The SMILES string of the molecule is CC(C)(C)c1ccc(N2c3cc(C(C)(C)C)cc4c3B(c3cc5c(cc3N4c3ccc4c(c3)C(C)(C)CCC4(C)C)C(C)(C)CCC5(C)C)c3c2oc2cc4c(cc32)C(C)(C)CCC4(C)C)c(-c2ccccc2)c1. The number of hydrogen-bond donors (Lipinski definition) is 0. The third kappa shape index (κ3) is 7.32. The second-order valence-electron chi connectivity index (χ2n) is 29.8. The van der Waals surface area contributed by atoms with Crippen molar-refractivity contribution in [2.24, 2.45) is 0 Å². The molecule has 0 spiro atoms. The van der Waals surface area contributed by atoms with E-state index in [1.54, 1.807) is 0 Å². The summed E-state index contributed by atoms with van der Waals surface area (Å²) in [6.45, 7) is 43.8. The number of furan rings is 1. The predicted octanol–water partition coefficient (Wildman–Crippen LogP) is 17.8. The molecule has 0 bridgehead atoms. The Bertz CT molecular complexity index is 3490. The number of benzene rings is 6. The van der Waals surface area contributed by atoms with Crippen LogP contribution in [0.4, 0.5) is 34.3 Å². The number of hydrogen-bond acceptors (Lipinski definition) is 3. The molecule has 0 atom stereocenters. The van der Waals surface area contributed by atoms with Crippen LogP contribution in [0.5, 0.6) is 0 Å². The van der Waals surface area contributed by atoms with E-state index in [9.17, 15) is 0 Å². The Hall–Kier alpha value is -5.48. The van der Waals surface area contributed by atoms with Crippen LogP contribution in [0.1, 0.15) is 208 Å². The molecular formula is C70H83BN2O. The van der Waals surface area contributed by atoms with Gasteiger partial charge in [-0.15, -0.1) is 0 Å². The molecule has 5 aliphatic rings. The van der Waals surface area contributed by atoms with Crippen molar-refractivity contribution in [3.8, 4) is 11.1 Å². The molecule has 12 rings (SSSR count). The van der Waals surface area contributed by atoms with Crippen molar-refractivity contribution < 1.29 is 4.42 Å². The molecule has 3 nitrogen and oxygen atoms in total. The van der Waals surface area contributed by atoms with E-state index >= 15 is 0 Å². The number of nitrogens with zero attached hydrogens (tertiary/aromatic N) is 2. The summed E-state index contributed by atoms with van der Waals surface area (Å²) in [6.07, 6.45) is 6.98. The van der Waals surface area contributed by atoms with Crippen LogP contribution in [0.3, 0.4) is 0 Å². The first-order chi connectivity index (χ1) is 34.4. The van der Waals surface area contributed by atoms with Crippen molar-refractivity contribution in [1.82, 2.24) is 0 Å². The lowest BCUT2D eigenvalue weighted by atomic mass is 9.33. The second kappa shape index (κ2) is 15.6. The van der Waals surface area contributed by atoms with Gasteiger partial charge in [0.1, 0.15) is 5.58 Å². The van der Waals surface area contributed by atoms with Gasteiger partial charge in [-0.3, -0.25) is 4.90 Å². The molecule has 74 heavy (non-hydrogen) atoms. The lowest BCUT2D eigenvalue weighted by molar-refractivity contribution is 0.332. The fourth-order valence-electron chi connectivity index (χ4n) is 14.3. The van der Waals surface area contributed by atoms with Crippen LogP contribution < -0.4 is 26.2 Å². The van der Waals surface area contributed by atoms with Gasteiger partial charge < -0.3 is 9.32 Å². The van der Waals surface area contributed by atoms with E-state index in [1.165, 1.54) is 113 Å². The van der Waals surface area contributed by atoms with Gasteiger partial charge in [0.25, 0.3) is 6.71 Å². The summed E-state index contributed by atoms with van der Waals surface area (Å²) in [5, 5.41) is 1.25. The van der Waals surface area contributed by atoms with E-state index in [4.69, 9.17) is 4.42 Å². The van der Waals surface area contributed by atoms with Gasteiger partial charge in [0.15, 0.2) is 0 Å². The van der Waals surface area contributed by atoms with Crippen molar-refractivity contribution in [2.75, 3.05) is 9.80 Å². The average Bonchev–Trinajstić information content (AvgIpc) is 3.70. The average molecular weight is 979 g/mol. The summed E-state index contributed by atoms with van der Waals surface area (Å²) in [6, 6.07) is 41.6. The van der Waals surface area contributed by atoms with Crippen molar-refractivity contribution in [1.29, 1.82) is 0 Å². The molecule has 4 heteroatoms. The number of anilines is 6. The first-order valence-electron chi connectivity index (χ1n) is 28.3. The molecule has 0 amide bonds. The largest absolute Gasteiger partial charge is 0.440 e. The standard InChI is InChI=1S/C70H83BN2O/c1-63(2,3)43-24-27-55(46(34-43)42-22-20-19-21-23-42)73-58-36-44(64(4,5)6)35-57-61(58)71(60-47-38-50-53(41-59(47)74-62(60)73)70(17,18)33-30-67(50,11)12)54-39-51-52(69(15,16)32-31-68(51,13)14)40-56(54)72(57)45-25-26-48-49(37-45)66(9,10)29-28-65(48,7)8/h19-27,34-41H,28-33H2,1-18H3. The molecule has 7 aromatic rings. The molecule has 0 saturated carbocycles. The molecule has 0 radical (unpaired) electrons. The molecule has 0 saturated heterocycles. The summed E-state index contributed by atoms with van der Waals surface area (Å²) in [5.41, 5.74) is 25.2. The van der Waals surface area contributed by atoms with Crippen LogP contribution in [0.25, 0.3) is 22.1 Å². The maximum atomic E-state index is 7.78. The highest BCUT2D eigenvalue weighted by Gasteiger charge is 2.51. The molecule has 2 aliphatic heterocycles. The van der Waals surface area contributed by atoms with Crippen LogP contribution in [-0.2, 0) is 43.3 Å². The molecule has 6 aromatic carbocycles. The quantitative estimate of drug-likeness (QED) is 0.165. The zero-order chi connectivity index (χ0) is 52.8. The monoisotopic (exact) mass is 979 g/mol. The van der Waals surface area contributed by atoms with E-state index < -0.39 is 0 Å². The molecule has 3 aliphatic carbocycles. The minimum absolute atomic E-state index is 0.0153. The highest BCUT2D eigenvalue weighted by molar-refractivity contribution is 7.01. The topological polar surface area (TPSA) is 19.6 Å². The lowest BCUT2D eigenvalue weighted by Gasteiger charge is -2.47. The highest BCUT2D eigenvalue weighted by Crippen LogP contribution is 2.56. The van der Waals surface area contributed by atoms with E-state index in [0.717, 1.165) is 42.8 Å². The van der Waals surface area contributed by atoms with E-state index in [1.807, 2.05) is 0 Å². The van der Waals surface area contributed by atoms with Crippen LogP contribution in [0.15, 0.2) is 108 Å². The summed E-state index contributed by atoms with van der Waals surface area (Å²) >= 11 is 0. The first-order valence-corrected chi connectivity index (χ1v) is 28.3. The Morgan fingerprint density at radius 3 is 1.49 bits per heavy atom. The summed E-state index contributed by atoms with van der Waals surface area (Å²) in [4.78, 5) is 5.31. The molecule has 382 valence electrons. The predicted molar refractivity (Wildman–Crippen MR) is 319 cm³/mol. The zero-order valence-electron chi connectivity index (χ0n) is 48.4. The Morgan fingerprint density at radius 2 is 0.919 bits per heavy atom.